The van der Waals surface area contributed by atoms with Crippen molar-refractivity contribution < 1.29 is 9.53 Å². The molecule has 0 saturated heterocycles. The van der Waals surface area contributed by atoms with E-state index in [-0.39, 0.29) is 11.9 Å². The van der Waals surface area contributed by atoms with E-state index >= 15 is 0 Å². The minimum atomic E-state index is -0.105. The molecular formula is C12H15NO2. The third kappa shape index (κ3) is 1.88. The van der Waals surface area contributed by atoms with E-state index in [1.165, 1.54) is 12.7 Å². The van der Waals surface area contributed by atoms with Crippen LogP contribution in [-0.2, 0) is 16.1 Å². The quantitative estimate of drug-likeness (QED) is 0.759. The van der Waals surface area contributed by atoms with Crippen LogP contribution in [-0.4, -0.2) is 13.1 Å². The van der Waals surface area contributed by atoms with Gasteiger partial charge >= 0.3 is 5.97 Å². The number of methoxy groups -OCH3 is 1. The first-order valence-electron chi connectivity index (χ1n) is 5.13. The molecule has 0 aliphatic heterocycles. The largest absolute Gasteiger partial charge is 0.469 e. The number of ether oxygens (including phenoxy) is 1. The Morgan fingerprint density at radius 3 is 2.93 bits per heavy atom. The van der Waals surface area contributed by atoms with Gasteiger partial charge in [-0.2, -0.15) is 0 Å². The van der Waals surface area contributed by atoms with Gasteiger partial charge in [-0.1, -0.05) is 24.3 Å². The van der Waals surface area contributed by atoms with E-state index in [2.05, 4.69) is 6.07 Å². The summed E-state index contributed by atoms with van der Waals surface area (Å²) in [6.45, 7) is 0.528. The van der Waals surface area contributed by atoms with Gasteiger partial charge in [-0.3, -0.25) is 4.79 Å². The average Bonchev–Trinajstić information content (AvgIpc) is 3.08. The summed E-state index contributed by atoms with van der Waals surface area (Å²) in [5.41, 5.74) is 7.99. The fourth-order valence-corrected chi connectivity index (χ4v) is 2.03. The summed E-state index contributed by atoms with van der Waals surface area (Å²) >= 11 is 0. The average molecular weight is 205 g/mol. The molecule has 0 bridgehead atoms. The summed E-state index contributed by atoms with van der Waals surface area (Å²) in [4.78, 5) is 11.3. The van der Waals surface area contributed by atoms with Crippen molar-refractivity contribution in [3.63, 3.8) is 0 Å². The van der Waals surface area contributed by atoms with Crippen LogP contribution in [0.1, 0.15) is 23.5 Å². The van der Waals surface area contributed by atoms with Crippen LogP contribution < -0.4 is 5.73 Å². The van der Waals surface area contributed by atoms with Gasteiger partial charge in [-0.05, 0) is 23.5 Å². The van der Waals surface area contributed by atoms with Crippen molar-refractivity contribution in [3.8, 4) is 0 Å². The molecule has 2 N–H and O–H groups in total. The lowest BCUT2D eigenvalue weighted by atomic mass is 10.0. The van der Waals surface area contributed by atoms with Crippen LogP contribution in [0.3, 0.4) is 0 Å². The number of carbonyl (C=O) groups excluding carboxylic acids is 1. The van der Waals surface area contributed by atoms with Gasteiger partial charge in [-0.15, -0.1) is 0 Å². The van der Waals surface area contributed by atoms with Crippen molar-refractivity contribution in [1.82, 2.24) is 0 Å². The SMILES string of the molecule is COC(=O)C1CC1c1ccccc1CN. The predicted octanol–water partition coefficient (Wildman–Crippen LogP) is 1.42. The van der Waals surface area contributed by atoms with Crippen LogP contribution in [0, 0.1) is 5.92 Å². The molecule has 3 heteroatoms. The molecule has 2 unspecified atom stereocenters. The van der Waals surface area contributed by atoms with Gasteiger partial charge in [-0.25, -0.2) is 0 Å². The number of hydrogen-bond acceptors (Lipinski definition) is 3. The van der Waals surface area contributed by atoms with Gasteiger partial charge < -0.3 is 10.5 Å². The molecule has 0 heterocycles. The lowest BCUT2D eigenvalue weighted by Gasteiger charge is -2.06. The molecule has 0 spiro atoms. The Labute approximate surface area is 89.2 Å². The van der Waals surface area contributed by atoms with E-state index in [0.717, 1.165) is 12.0 Å². The summed E-state index contributed by atoms with van der Waals surface area (Å²) in [7, 11) is 1.44. The Kier molecular flexibility index (Phi) is 2.73. The topological polar surface area (TPSA) is 52.3 Å². The molecule has 1 aromatic carbocycles. The van der Waals surface area contributed by atoms with Crippen molar-refractivity contribution in [1.29, 1.82) is 0 Å². The second-order valence-corrected chi connectivity index (χ2v) is 3.87. The molecule has 1 aliphatic carbocycles. The third-order valence-electron chi connectivity index (χ3n) is 2.97. The molecular weight excluding hydrogens is 190 g/mol. The summed E-state index contributed by atoms with van der Waals surface area (Å²) in [6, 6.07) is 8.03. The van der Waals surface area contributed by atoms with E-state index in [1.54, 1.807) is 0 Å². The molecule has 2 atom stereocenters. The van der Waals surface area contributed by atoms with Crippen molar-refractivity contribution in [2.24, 2.45) is 11.7 Å². The minimum absolute atomic E-state index is 0.0442. The van der Waals surface area contributed by atoms with Crippen LogP contribution in [0.15, 0.2) is 24.3 Å². The fourth-order valence-electron chi connectivity index (χ4n) is 2.03. The van der Waals surface area contributed by atoms with Crippen LogP contribution in [0.2, 0.25) is 0 Å². The van der Waals surface area contributed by atoms with Crippen LogP contribution >= 0.6 is 0 Å². The monoisotopic (exact) mass is 205 g/mol. The zero-order valence-corrected chi connectivity index (χ0v) is 8.77. The number of hydrogen-bond donors (Lipinski definition) is 1. The maximum absolute atomic E-state index is 11.3. The summed E-state index contributed by atoms with van der Waals surface area (Å²) in [5, 5.41) is 0. The highest BCUT2D eigenvalue weighted by atomic mass is 16.5. The maximum Gasteiger partial charge on any atom is 0.309 e. The Morgan fingerprint density at radius 2 is 2.27 bits per heavy atom. The molecule has 0 amide bonds. The Morgan fingerprint density at radius 1 is 1.53 bits per heavy atom. The van der Waals surface area contributed by atoms with E-state index < -0.39 is 0 Å². The van der Waals surface area contributed by atoms with Crippen molar-refractivity contribution in [2.75, 3.05) is 7.11 Å². The molecule has 1 fully saturated rings. The Balaban J connectivity index is 2.16. The third-order valence-corrected chi connectivity index (χ3v) is 2.97. The molecule has 0 aromatic heterocycles. The second-order valence-electron chi connectivity index (χ2n) is 3.87. The predicted molar refractivity (Wildman–Crippen MR) is 57.2 cm³/mol. The molecule has 15 heavy (non-hydrogen) atoms. The lowest BCUT2D eigenvalue weighted by molar-refractivity contribution is -0.142. The van der Waals surface area contributed by atoms with Gasteiger partial charge in [0.1, 0.15) is 0 Å². The summed E-state index contributed by atoms with van der Waals surface area (Å²) in [6.07, 6.45) is 0.893. The number of carbonyl (C=O) groups is 1. The van der Waals surface area contributed by atoms with Crippen LogP contribution in [0.5, 0.6) is 0 Å². The molecule has 3 nitrogen and oxygen atoms in total. The number of rotatable bonds is 3. The summed E-state index contributed by atoms with van der Waals surface area (Å²) in [5.74, 6) is 0.256. The van der Waals surface area contributed by atoms with Gasteiger partial charge in [0.2, 0.25) is 0 Å². The van der Waals surface area contributed by atoms with Crippen LogP contribution in [0.25, 0.3) is 0 Å². The zero-order valence-electron chi connectivity index (χ0n) is 8.77. The smallest absolute Gasteiger partial charge is 0.309 e. The van der Waals surface area contributed by atoms with E-state index in [4.69, 9.17) is 10.5 Å². The van der Waals surface area contributed by atoms with Gasteiger partial charge in [0, 0.05) is 6.54 Å². The fraction of sp³-hybridized carbons (Fsp3) is 0.417. The van der Waals surface area contributed by atoms with Crippen LogP contribution in [0.4, 0.5) is 0 Å². The second kappa shape index (κ2) is 4.03. The van der Waals surface area contributed by atoms with Gasteiger partial charge in [0.25, 0.3) is 0 Å². The first-order valence-corrected chi connectivity index (χ1v) is 5.13. The molecule has 2 rings (SSSR count). The highest BCUT2D eigenvalue weighted by Crippen LogP contribution is 2.49. The normalized spacial score (nSPS) is 23.6. The Hall–Kier alpha value is -1.35. The van der Waals surface area contributed by atoms with Crippen molar-refractivity contribution in [3.05, 3.63) is 35.4 Å². The molecule has 80 valence electrons. The number of nitrogens with two attached hydrogens (primary N) is 1. The Bertz CT molecular complexity index is 376. The summed E-state index contributed by atoms with van der Waals surface area (Å²) < 4.78 is 4.73. The first-order chi connectivity index (χ1) is 7.27. The minimum Gasteiger partial charge on any atom is -0.469 e. The molecule has 0 radical (unpaired) electrons. The van der Waals surface area contributed by atoms with Gasteiger partial charge in [0.05, 0.1) is 13.0 Å². The standard InChI is InChI=1S/C12H15NO2/c1-15-12(14)11-6-10(11)9-5-3-2-4-8(9)7-13/h2-5,10-11H,6-7,13H2,1H3. The van der Waals surface area contributed by atoms with E-state index in [9.17, 15) is 4.79 Å². The zero-order chi connectivity index (χ0) is 10.8. The van der Waals surface area contributed by atoms with E-state index in [0.29, 0.717) is 12.5 Å². The van der Waals surface area contributed by atoms with Crippen molar-refractivity contribution >= 4 is 5.97 Å². The van der Waals surface area contributed by atoms with Crippen molar-refractivity contribution in [2.45, 2.75) is 18.9 Å². The number of esters is 1. The molecule has 1 saturated carbocycles. The molecule has 1 aliphatic rings. The van der Waals surface area contributed by atoms with E-state index in [1.807, 2.05) is 18.2 Å². The highest BCUT2D eigenvalue weighted by Gasteiger charge is 2.45. The highest BCUT2D eigenvalue weighted by molar-refractivity contribution is 5.77. The lowest BCUT2D eigenvalue weighted by Crippen LogP contribution is -2.06. The van der Waals surface area contributed by atoms with Gasteiger partial charge in [0.15, 0.2) is 0 Å². The maximum atomic E-state index is 11.3. The molecule has 1 aromatic rings. The first kappa shape index (κ1) is 10.2. The number of benzene rings is 1.